The molecule has 0 aliphatic rings. The van der Waals surface area contributed by atoms with Crippen molar-refractivity contribution in [3.8, 4) is 0 Å². The topological polar surface area (TPSA) is 20.2 Å². The van der Waals surface area contributed by atoms with Gasteiger partial charge in [-0.3, -0.25) is 0 Å². The standard InChI is InChI=1S/C10H22O/c1-4-6-9(3)8-10(11)7-5-2/h9-11H,4-8H2,1-3H3. The Labute approximate surface area is 70.8 Å². The largest absolute Gasteiger partial charge is 0.393 e. The van der Waals surface area contributed by atoms with Crippen LogP contribution < -0.4 is 0 Å². The molecule has 0 rings (SSSR count). The fraction of sp³-hybridized carbons (Fsp3) is 1.00. The Hall–Kier alpha value is -0.0400. The molecule has 1 nitrogen and oxygen atoms in total. The van der Waals surface area contributed by atoms with Crippen molar-refractivity contribution < 1.29 is 5.11 Å². The average Bonchev–Trinajstić information content (AvgIpc) is 1.87. The van der Waals surface area contributed by atoms with Gasteiger partial charge in [-0.05, 0) is 18.8 Å². The highest BCUT2D eigenvalue weighted by molar-refractivity contribution is 4.60. The van der Waals surface area contributed by atoms with Crippen molar-refractivity contribution in [3.63, 3.8) is 0 Å². The van der Waals surface area contributed by atoms with Gasteiger partial charge in [-0.2, -0.15) is 0 Å². The van der Waals surface area contributed by atoms with Gasteiger partial charge < -0.3 is 5.11 Å². The van der Waals surface area contributed by atoms with Gasteiger partial charge >= 0.3 is 0 Å². The van der Waals surface area contributed by atoms with Crippen molar-refractivity contribution in [2.75, 3.05) is 0 Å². The molecular formula is C10H22O. The lowest BCUT2D eigenvalue weighted by Gasteiger charge is -2.14. The molecule has 0 aliphatic heterocycles. The molecule has 68 valence electrons. The lowest BCUT2D eigenvalue weighted by Crippen LogP contribution is -2.10. The molecule has 0 aromatic rings. The molecule has 0 saturated carbocycles. The molecule has 2 atom stereocenters. The van der Waals surface area contributed by atoms with Gasteiger partial charge in [0.1, 0.15) is 0 Å². The van der Waals surface area contributed by atoms with E-state index < -0.39 is 0 Å². The summed E-state index contributed by atoms with van der Waals surface area (Å²) in [6.07, 6.45) is 5.48. The number of aliphatic hydroxyl groups excluding tert-OH is 1. The van der Waals surface area contributed by atoms with Gasteiger partial charge in [0.05, 0.1) is 6.10 Å². The van der Waals surface area contributed by atoms with Crippen molar-refractivity contribution in [2.45, 2.75) is 59.0 Å². The molecule has 0 saturated heterocycles. The SMILES string of the molecule is CCCC(C)CC(O)CCC. The van der Waals surface area contributed by atoms with E-state index >= 15 is 0 Å². The van der Waals surface area contributed by atoms with Gasteiger partial charge in [-0.25, -0.2) is 0 Å². The maximum Gasteiger partial charge on any atom is 0.0542 e. The molecule has 0 bridgehead atoms. The van der Waals surface area contributed by atoms with Crippen LogP contribution in [0.3, 0.4) is 0 Å². The van der Waals surface area contributed by atoms with Crippen molar-refractivity contribution in [2.24, 2.45) is 5.92 Å². The molecule has 0 aromatic carbocycles. The molecule has 0 radical (unpaired) electrons. The highest BCUT2D eigenvalue weighted by atomic mass is 16.3. The van der Waals surface area contributed by atoms with Crippen LogP contribution in [0.4, 0.5) is 0 Å². The molecule has 0 aliphatic carbocycles. The van der Waals surface area contributed by atoms with Crippen LogP contribution in [0, 0.1) is 5.92 Å². The van der Waals surface area contributed by atoms with Gasteiger partial charge in [0.2, 0.25) is 0 Å². The predicted octanol–water partition coefficient (Wildman–Crippen LogP) is 2.97. The van der Waals surface area contributed by atoms with Crippen LogP contribution in [0.1, 0.15) is 52.9 Å². The molecule has 1 N–H and O–H groups in total. The van der Waals surface area contributed by atoms with Crippen molar-refractivity contribution >= 4 is 0 Å². The first-order valence-corrected chi connectivity index (χ1v) is 4.88. The van der Waals surface area contributed by atoms with Crippen LogP contribution in [0.2, 0.25) is 0 Å². The highest BCUT2D eigenvalue weighted by Crippen LogP contribution is 2.14. The molecule has 0 heterocycles. The van der Waals surface area contributed by atoms with Crippen molar-refractivity contribution in [1.29, 1.82) is 0 Å². The normalized spacial score (nSPS) is 16.4. The Balaban J connectivity index is 3.32. The van der Waals surface area contributed by atoms with E-state index in [0.29, 0.717) is 5.92 Å². The van der Waals surface area contributed by atoms with E-state index in [0.717, 1.165) is 19.3 Å². The van der Waals surface area contributed by atoms with Gasteiger partial charge in [0.15, 0.2) is 0 Å². The van der Waals surface area contributed by atoms with E-state index in [1.807, 2.05) is 0 Å². The number of hydrogen-bond acceptors (Lipinski definition) is 1. The van der Waals surface area contributed by atoms with Crippen LogP contribution >= 0.6 is 0 Å². The Morgan fingerprint density at radius 1 is 1.09 bits per heavy atom. The summed E-state index contributed by atoms with van der Waals surface area (Å²) < 4.78 is 0. The third kappa shape index (κ3) is 6.36. The second-order valence-corrected chi connectivity index (χ2v) is 3.57. The molecule has 0 amide bonds. The van der Waals surface area contributed by atoms with Crippen LogP contribution in [-0.4, -0.2) is 11.2 Å². The van der Waals surface area contributed by atoms with Gasteiger partial charge in [0.25, 0.3) is 0 Å². The summed E-state index contributed by atoms with van der Waals surface area (Å²) >= 11 is 0. The molecule has 0 aromatic heterocycles. The van der Waals surface area contributed by atoms with Gasteiger partial charge in [-0.15, -0.1) is 0 Å². The molecule has 2 unspecified atom stereocenters. The predicted molar refractivity (Wildman–Crippen MR) is 49.6 cm³/mol. The summed E-state index contributed by atoms with van der Waals surface area (Å²) in [5, 5.41) is 9.45. The number of hydrogen-bond donors (Lipinski definition) is 1. The van der Waals surface area contributed by atoms with Crippen LogP contribution in [0.5, 0.6) is 0 Å². The minimum absolute atomic E-state index is 0.0541. The van der Waals surface area contributed by atoms with E-state index in [1.165, 1.54) is 12.8 Å². The average molecular weight is 158 g/mol. The molecule has 11 heavy (non-hydrogen) atoms. The zero-order valence-electron chi connectivity index (χ0n) is 8.14. The van der Waals surface area contributed by atoms with Crippen LogP contribution in [0.15, 0.2) is 0 Å². The second-order valence-electron chi connectivity index (χ2n) is 3.57. The van der Waals surface area contributed by atoms with Gasteiger partial charge in [-0.1, -0.05) is 40.0 Å². The molecule has 1 heteroatoms. The quantitative estimate of drug-likeness (QED) is 0.630. The number of rotatable bonds is 6. The van der Waals surface area contributed by atoms with Gasteiger partial charge in [0, 0.05) is 0 Å². The first-order chi connectivity index (χ1) is 5.20. The maximum atomic E-state index is 9.45. The van der Waals surface area contributed by atoms with E-state index in [2.05, 4.69) is 20.8 Å². The Morgan fingerprint density at radius 3 is 2.09 bits per heavy atom. The van der Waals surface area contributed by atoms with Crippen molar-refractivity contribution in [1.82, 2.24) is 0 Å². The fourth-order valence-corrected chi connectivity index (χ4v) is 1.53. The van der Waals surface area contributed by atoms with E-state index in [4.69, 9.17) is 0 Å². The van der Waals surface area contributed by atoms with E-state index in [9.17, 15) is 5.11 Å². The Morgan fingerprint density at radius 2 is 1.64 bits per heavy atom. The Kier molecular flexibility index (Phi) is 6.63. The fourth-order valence-electron chi connectivity index (χ4n) is 1.53. The van der Waals surface area contributed by atoms with Crippen LogP contribution in [-0.2, 0) is 0 Å². The molecular weight excluding hydrogens is 136 g/mol. The Bertz CT molecular complexity index is 70.9. The van der Waals surface area contributed by atoms with Crippen molar-refractivity contribution in [3.05, 3.63) is 0 Å². The summed E-state index contributed by atoms with van der Waals surface area (Å²) in [6.45, 7) is 6.54. The summed E-state index contributed by atoms with van der Waals surface area (Å²) in [5.41, 5.74) is 0. The minimum atomic E-state index is -0.0541. The smallest absolute Gasteiger partial charge is 0.0542 e. The second kappa shape index (κ2) is 6.66. The lowest BCUT2D eigenvalue weighted by atomic mass is 9.97. The van der Waals surface area contributed by atoms with Crippen LogP contribution in [0.25, 0.3) is 0 Å². The third-order valence-corrected chi connectivity index (χ3v) is 2.08. The zero-order valence-corrected chi connectivity index (χ0v) is 8.14. The zero-order chi connectivity index (χ0) is 8.69. The summed E-state index contributed by atoms with van der Waals surface area (Å²) in [7, 11) is 0. The molecule has 0 spiro atoms. The first-order valence-electron chi connectivity index (χ1n) is 4.88. The summed E-state index contributed by atoms with van der Waals surface area (Å²) in [4.78, 5) is 0. The summed E-state index contributed by atoms with van der Waals surface area (Å²) in [6, 6.07) is 0. The lowest BCUT2D eigenvalue weighted by molar-refractivity contribution is 0.133. The monoisotopic (exact) mass is 158 g/mol. The highest BCUT2D eigenvalue weighted by Gasteiger charge is 2.07. The first kappa shape index (κ1) is 11.0. The number of aliphatic hydroxyl groups is 1. The maximum absolute atomic E-state index is 9.45. The van der Waals surface area contributed by atoms with E-state index in [-0.39, 0.29) is 6.10 Å². The van der Waals surface area contributed by atoms with E-state index in [1.54, 1.807) is 0 Å². The summed E-state index contributed by atoms with van der Waals surface area (Å²) in [5.74, 6) is 0.696. The molecule has 0 fully saturated rings. The third-order valence-electron chi connectivity index (χ3n) is 2.08. The minimum Gasteiger partial charge on any atom is -0.393 e.